The second-order valence-corrected chi connectivity index (χ2v) is 3.73. The summed E-state index contributed by atoms with van der Waals surface area (Å²) in [5, 5.41) is 0.321. The summed E-state index contributed by atoms with van der Waals surface area (Å²) < 4.78 is 15.5. The fourth-order valence-electron chi connectivity index (χ4n) is 0.527. The van der Waals surface area contributed by atoms with Crippen LogP contribution >= 0.6 is 0 Å². The SMILES string of the molecule is C/C=C/OCC1CS1=O. The van der Waals surface area contributed by atoms with E-state index in [0.717, 1.165) is 5.75 Å². The quantitative estimate of drug-likeness (QED) is 0.432. The molecule has 0 aromatic rings. The van der Waals surface area contributed by atoms with E-state index in [2.05, 4.69) is 0 Å². The molecule has 1 heterocycles. The lowest BCUT2D eigenvalue weighted by atomic mass is 10.5. The first-order valence-corrected chi connectivity index (χ1v) is 4.32. The Morgan fingerprint density at radius 1 is 1.89 bits per heavy atom. The number of ether oxygens (including phenoxy) is 1. The summed E-state index contributed by atoms with van der Waals surface area (Å²) in [5.74, 6) is 0.831. The Labute approximate surface area is 57.4 Å². The third-order valence-electron chi connectivity index (χ3n) is 1.12. The minimum atomic E-state index is -0.561. The normalized spacial score (nSPS) is 33.0. The van der Waals surface area contributed by atoms with Crippen molar-refractivity contribution in [2.24, 2.45) is 0 Å². The van der Waals surface area contributed by atoms with Gasteiger partial charge in [-0.15, -0.1) is 0 Å². The topological polar surface area (TPSA) is 26.3 Å². The molecular formula is C6H10O2S. The van der Waals surface area contributed by atoms with Crippen molar-refractivity contribution >= 4 is 10.8 Å². The summed E-state index contributed by atoms with van der Waals surface area (Å²) in [6.07, 6.45) is 3.46. The molecule has 2 atom stereocenters. The predicted molar refractivity (Wildman–Crippen MR) is 37.6 cm³/mol. The van der Waals surface area contributed by atoms with Crippen LogP contribution in [0, 0.1) is 0 Å². The lowest BCUT2D eigenvalue weighted by Gasteiger charge is -1.92. The van der Waals surface area contributed by atoms with Crippen LogP contribution in [0.5, 0.6) is 0 Å². The van der Waals surface area contributed by atoms with Gasteiger partial charge in [-0.05, 0) is 6.92 Å². The molecule has 0 radical (unpaired) electrons. The first-order chi connectivity index (χ1) is 4.34. The Hall–Kier alpha value is -0.310. The maximum absolute atomic E-state index is 10.5. The number of allylic oxidation sites excluding steroid dienone is 1. The molecule has 2 nitrogen and oxygen atoms in total. The van der Waals surface area contributed by atoms with Crippen molar-refractivity contribution in [3.05, 3.63) is 12.3 Å². The van der Waals surface area contributed by atoms with E-state index in [4.69, 9.17) is 4.74 Å². The molecule has 1 aliphatic heterocycles. The molecule has 1 aliphatic rings. The van der Waals surface area contributed by atoms with Gasteiger partial charge in [-0.1, -0.05) is 6.08 Å². The van der Waals surface area contributed by atoms with Gasteiger partial charge in [0.05, 0.1) is 11.5 Å². The summed E-state index contributed by atoms with van der Waals surface area (Å²) in [4.78, 5) is 0. The van der Waals surface area contributed by atoms with Crippen molar-refractivity contribution in [3.8, 4) is 0 Å². The minimum absolute atomic E-state index is 0.321. The van der Waals surface area contributed by atoms with Gasteiger partial charge in [0.25, 0.3) is 0 Å². The highest BCUT2D eigenvalue weighted by Crippen LogP contribution is 2.15. The molecule has 0 saturated carbocycles. The largest absolute Gasteiger partial charge is 0.500 e. The Kier molecular flexibility index (Phi) is 2.28. The molecule has 1 saturated heterocycles. The van der Waals surface area contributed by atoms with Crippen molar-refractivity contribution in [3.63, 3.8) is 0 Å². The highest BCUT2D eigenvalue weighted by molar-refractivity contribution is 7.93. The summed E-state index contributed by atoms with van der Waals surface area (Å²) in [6, 6.07) is 0. The fourth-order valence-corrected chi connectivity index (χ4v) is 1.31. The van der Waals surface area contributed by atoms with E-state index in [1.807, 2.05) is 13.0 Å². The summed E-state index contributed by atoms with van der Waals surface area (Å²) in [5.41, 5.74) is 0. The van der Waals surface area contributed by atoms with Crippen molar-refractivity contribution in [1.82, 2.24) is 0 Å². The first-order valence-electron chi connectivity index (χ1n) is 2.94. The molecule has 0 N–H and O–H groups in total. The highest BCUT2D eigenvalue weighted by Gasteiger charge is 2.32. The second-order valence-electron chi connectivity index (χ2n) is 1.97. The van der Waals surface area contributed by atoms with Gasteiger partial charge in [-0.3, -0.25) is 4.21 Å². The molecular weight excluding hydrogens is 136 g/mol. The van der Waals surface area contributed by atoms with Crippen LogP contribution in [0.3, 0.4) is 0 Å². The third kappa shape index (κ3) is 2.18. The van der Waals surface area contributed by atoms with Gasteiger partial charge in [0.2, 0.25) is 0 Å². The number of rotatable bonds is 3. The van der Waals surface area contributed by atoms with Crippen LogP contribution in [-0.4, -0.2) is 21.8 Å². The van der Waals surface area contributed by atoms with Crippen LogP contribution in [0.15, 0.2) is 12.3 Å². The Bertz CT molecular complexity index is 142. The van der Waals surface area contributed by atoms with E-state index in [1.54, 1.807) is 6.26 Å². The van der Waals surface area contributed by atoms with Gasteiger partial charge in [0, 0.05) is 16.6 Å². The van der Waals surface area contributed by atoms with Crippen LogP contribution in [0.2, 0.25) is 0 Å². The van der Waals surface area contributed by atoms with Crippen molar-refractivity contribution in [1.29, 1.82) is 0 Å². The molecule has 52 valence electrons. The van der Waals surface area contributed by atoms with Crippen LogP contribution in [0.25, 0.3) is 0 Å². The van der Waals surface area contributed by atoms with Gasteiger partial charge in [-0.2, -0.15) is 0 Å². The maximum atomic E-state index is 10.5. The molecule has 3 heteroatoms. The molecule has 0 amide bonds. The molecule has 0 bridgehead atoms. The zero-order chi connectivity index (χ0) is 6.69. The summed E-state index contributed by atoms with van der Waals surface area (Å²) in [7, 11) is -0.561. The van der Waals surface area contributed by atoms with Crippen molar-refractivity contribution in [2.45, 2.75) is 12.2 Å². The van der Waals surface area contributed by atoms with Gasteiger partial charge < -0.3 is 4.74 Å². The highest BCUT2D eigenvalue weighted by atomic mass is 32.2. The maximum Gasteiger partial charge on any atom is 0.103 e. The zero-order valence-corrected chi connectivity index (χ0v) is 6.19. The van der Waals surface area contributed by atoms with Crippen LogP contribution in [0.1, 0.15) is 6.92 Å². The van der Waals surface area contributed by atoms with E-state index in [1.165, 1.54) is 0 Å². The lowest BCUT2D eigenvalue weighted by Crippen LogP contribution is -1.95. The zero-order valence-electron chi connectivity index (χ0n) is 5.37. The van der Waals surface area contributed by atoms with Crippen molar-refractivity contribution in [2.75, 3.05) is 12.4 Å². The molecule has 2 unspecified atom stereocenters. The van der Waals surface area contributed by atoms with E-state index in [9.17, 15) is 4.21 Å². The standard InChI is InChI=1S/C6H10O2S/c1-2-3-8-4-6-5-9(6)7/h2-3,6H,4-5H2,1H3/b3-2+. The molecule has 1 rings (SSSR count). The van der Waals surface area contributed by atoms with E-state index < -0.39 is 10.8 Å². The van der Waals surface area contributed by atoms with E-state index >= 15 is 0 Å². The van der Waals surface area contributed by atoms with Crippen LogP contribution in [-0.2, 0) is 15.5 Å². The van der Waals surface area contributed by atoms with Gasteiger partial charge in [0.15, 0.2) is 0 Å². The molecule has 0 spiro atoms. The third-order valence-corrected chi connectivity index (χ3v) is 2.47. The number of hydrogen-bond acceptors (Lipinski definition) is 2. The number of hydrogen-bond donors (Lipinski definition) is 0. The summed E-state index contributed by atoms with van der Waals surface area (Å²) in [6.45, 7) is 2.51. The molecule has 0 aliphatic carbocycles. The van der Waals surface area contributed by atoms with E-state index in [-0.39, 0.29) is 0 Å². The predicted octanol–water partition coefficient (Wildman–Crippen LogP) is 0.667. The Morgan fingerprint density at radius 2 is 2.56 bits per heavy atom. The average Bonchev–Trinajstić information content (AvgIpc) is 2.48. The van der Waals surface area contributed by atoms with Gasteiger partial charge in [0.1, 0.15) is 6.61 Å². The van der Waals surface area contributed by atoms with E-state index in [0.29, 0.717) is 11.9 Å². The molecule has 0 aromatic carbocycles. The first kappa shape index (κ1) is 6.81. The lowest BCUT2D eigenvalue weighted by molar-refractivity contribution is 0.259. The molecule has 9 heavy (non-hydrogen) atoms. The average molecular weight is 146 g/mol. The minimum Gasteiger partial charge on any atom is -0.500 e. The van der Waals surface area contributed by atoms with Crippen LogP contribution < -0.4 is 0 Å². The molecule has 1 fully saturated rings. The molecule has 0 aromatic heterocycles. The van der Waals surface area contributed by atoms with Gasteiger partial charge in [-0.25, -0.2) is 0 Å². The van der Waals surface area contributed by atoms with Gasteiger partial charge >= 0.3 is 0 Å². The Balaban J connectivity index is 2.00. The monoisotopic (exact) mass is 146 g/mol. The smallest absolute Gasteiger partial charge is 0.103 e. The van der Waals surface area contributed by atoms with Crippen molar-refractivity contribution < 1.29 is 8.95 Å². The van der Waals surface area contributed by atoms with Crippen LogP contribution in [0.4, 0.5) is 0 Å². The second kappa shape index (κ2) is 3.01. The fraction of sp³-hybridized carbons (Fsp3) is 0.667. The summed E-state index contributed by atoms with van der Waals surface area (Å²) >= 11 is 0. The Morgan fingerprint density at radius 3 is 3.00 bits per heavy atom.